The monoisotopic (exact) mass is 155 g/mol. The number of carbonyl (C=O) groups is 1. The minimum Gasteiger partial charge on any atom is -0.463 e. The number of carboxylic acid groups (broad SMARTS) is 1. The van der Waals surface area contributed by atoms with E-state index < -0.39 is 6.09 Å². The van der Waals surface area contributed by atoms with Crippen molar-refractivity contribution in [3.05, 3.63) is 12.7 Å². The van der Waals surface area contributed by atoms with E-state index in [4.69, 9.17) is 10.8 Å². The Labute approximate surface area is 61.2 Å². The molecular weight excluding hydrogens is 150 g/mol. The summed E-state index contributed by atoms with van der Waals surface area (Å²) in [5.41, 5.74) is 5.17. The van der Waals surface area contributed by atoms with Crippen molar-refractivity contribution in [2.45, 2.75) is 0 Å². The van der Waals surface area contributed by atoms with Crippen LogP contribution in [0.5, 0.6) is 0 Å². The van der Waals surface area contributed by atoms with Crippen molar-refractivity contribution >= 4 is 12.1 Å². The van der Waals surface area contributed by atoms with E-state index in [1.54, 1.807) is 0 Å². The molecule has 7 nitrogen and oxygen atoms in total. The third kappa shape index (κ3) is 1.75. The van der Waals surface area contributed by atoms with Gasteiger partial charge in [0, 0.05) is 0 Å². The minimum absolute atomic E-state index is 0.227. The van der Waals surface area contributed by atoms with Crippen molar-refractivity contribution < 1.29 is 9.90 Å². The zero-order valence-electron chi connectivity index (χ0n) is 5.38. The highest BCUT2D eigenvalue weighted by Crippen LogP contribution is 1.78. The maximum absolute atomic E-state index is 9.98. The normalized spacial score (nSPS) is 11.5. The molecule has 11 heavy (non-hydrogen) atoms. The minimum atomic E-state index is -1.36. The molecule has 0 bridgehead atoms. The number of aliphatic imine (C=N–C) groups is 1. The van der Waals surface area contributed by atoms with E-state index in [2.05, 4.69) is 15.1 Å². The Hall–Kier alpha value is -1.92. The van der Waals surface area contributed by atoms with Crippen LogP contribution in [-0.4, -0.2) is 31.9 Å². The molecule has 0 saturated carbocycles. The van der Waals surface area contributed by atoms with Crippen LogP contribution in [0, 0.1) is 0 Å². The van der Waals surface area contributed by atoms with Crippen LogP contribution >= 0.6 is 0 Å². The van der Waals surface area contributed by atoms with Gasteiger partial charge in [-0.15, -0.1) is 4.99 Å². The van der Waals surface area contributed by atoms with Crippen LogP contribution < -0.4 is 5.73 Å². The molecule has 0 radical (unpaired) electrons. The quantitative estimate of drug-likeness (QED) is 0.373. The Kier molecular flexibility index (Phi) is 1.81. The predicted molar refractivity (Wildman–Crippen MR) is 35.1 cm³/mol. The van der Waals surface area contributed by atoms with Crippen molar-refractivity contribution in [1.29, 1.82) is 0 Å². The van der Waals surface area contributed by atoms with Crippen LogP contribution in [0.3, 0.4) is 0 Å². The van der Waals surface area contributed by atoms with Crippen LogP contribution in [-0.2, 0) is 0 Å². The summed E-state index contributed by atoms with van der Waals surface area (Å²) >= 11 is 0. The van der Waals surface area contributed by atoms with E-state index in [-0.39, 0.29) is 5.96 Å². The van der Waals surface area contributed by atoms with Crippen molar-refractivity contribution in [3.8, 4) is 0 Å². The second kappa shape index (κ2) is 2.78. The molecule has 1 aromatic heterocycles. The van der Waals surface area contributed by atoms with Crippen molar-refractivity contribution in [2.75, 3.05) is 0 Å². The largest absolute Gasteiger partial charge is 0.463 e. The lowest BCUT2D eigenvalue weighted by Gasteiger charge is -1.93. The Balaban J connectivity index is 2.86. The summed E-state index contributed by atoms with van der Waals surface area (Å²) in [6.45, 7) is 0. The molecule has 1 rings (SSSR count). The first-order valence-electron chi connectivity index (χ1n) is 2.62. The van der Waals surface area contributed by atoms with Crippen LogP contribution in [0.25, 0.3) is 0 Å². The molecule has 0 unspecified atom stereocenters. The van der Waals surface area contributed by atoms with Gasteiger partial charge in [-0.2, -0.15) is 9.78 Å². The summed E-state index contributed by atoms with van der Waals surface area (Å²) in [5.74, 6) is -0.227. The topological polar surface area (TPSA) is 106 Å². The van der Waals surface area contributed by atoms with Crippen LogP contribution in [0.4, 0.5) is 4.79 Å². The summed E-state index contributed by atoms with van der Waals surface area (Å²) < 4.78 is 1.05. The standard InChI is InChI=1S/C4H5N5O2/c5-3(8-4(10)11)9-2-6-1-7-9/h1-2H,(H2,5,8)(H,10,11). The van der Waals surface area contributed by atoms with Gasteiger partial charge < -0.3 is 10.8 Å². The molecular formula is C4H5N5O2. The predicted octanol–water partition coefficient (Wildman–Crippen LogP) is -0.881. The zero-order valence-corrected chi connectivity index (χ0v) is 5.38. The molecule has 58 valence electrons. The van der Waals surface area contributed by atoms with Gasteiger partial charge in [-0.1, -0.05) is 0 Å². The van der Waals surface area contributed by atoms with Gasteiger partial charge in [0.1, 0.15) is 12.7 Å². The lowest BCUT2D eigenvalue weighted by atomic mass is 10.9. The molecule has 0 atom stereocenters. The molecule has 1 amide bonds. The number of hydrogen-bond donors (Lipinski definition) is 2. The Morgan fingerprint density at radius 1 is 1.73 bits per heavy atom. The van der Waals surface area contributed by atoms with Gasteiger partial charge in [0.05, 0.1) is 0 Å². The van der Waals surface area contributed by atoms with E-state index in [1.807, 2.05) is 0 Å². The Morgan fingerprint density at radius 3 is 2.91 bits per heavy atom. The number of aromatic nitrogens is 3. The van der Waals surface area contributed by atoms with Gasteiger partial charge in [0.2, 0.25) is 5.96 Å². The number of hydrogen-bond acceptors (Lipinski definition) is 3. The fourth-order valence-corrected chi connectivity index (χ4v) is 0.476. The van der Waals surface area contributed by atoms with Gasteiger partial charge in [0.25, 0.3) is 0 Å². The van der Waals surface area contributed by atoms with E-state index in [1.165, 1.54) is 12.7 Å². The first-order chi connectivity index (χ1) is 5.20. The zero-order chi connectivity index (χ0) is 8.27. The molecule has 7 heteroatoms. The van der Waals surface area contributed by atoms with E-state index in [0.717, 1.165) is 4.68 Å². The average Bonchev–Trinajstić information content (AvgIpc) is 2.35. The number of nitrogens with zero attached hydrogens (tertiary/aromatic N) is 4. The van der Waals surface area contributed by atoms with E-state index in [9.17, 15) is 4.79 Å². The molecule has 0 saturated heterocycles. The fraction of sp³-hybridized carbons (Fsp3) is 0. The highest BCUT2D eigenvalue weighted by Gasteiger charge is 1.98. The van der Waals surface area contributed by atoms with Gasteiger partial charge in [-0.05, 0) is 0 Å². The maximum Gasteiger partial charge on any atom is 0.434 e. The molecule has 0 spiro atoms. The van der Waals surface area contributed by atoms with Gasteiger partial charge >= 0.3 is 6.09 Å². The lowest BCUT2D eigenvalue weighted by molar-refractivity contribution is 0.205. The van der Waals surface area contributed by atoms with Crippen molar-refractivity contribution in [1.82, 2.24) is 14.8 Å². The molecule has 3 N–H and O–H groups in total. The van der Waals surface area contributed by atoms with Crippen LogP contribution in [0.1, 0.15) is 0 Å². The molecule has 1 heterocycles. The molecule has 0 aliphatic carbocycles. The summed E-state index contributed by atoms with van der Waals surface area (Å²) in [7, 11) is 0. The Morgan fingerprint density at radius 2 is 2.45 bits per heavy atom. The summed E-state index contributed by atoms with van der Waals surface area (Å²) in [6.07, 6.45) is 1.12. The van der Waals surface area contributed by atoms with Gasteiger partial charge in [0.15, 0.2) is 0 Å². The third-order valence-corrected chi connectivity index (χ3v) is 0.864. The summed E-state index contributed by atoms with van der Waals surface area (Å²) in [4.78, 5) is 16.5. The smallest absolute Gasteiger partial charge is 0.434 e. The van der Waals surface area contributed by atoms with Crippen molar-refractivity contribution in [2.24, 2.45) is 10.7 Å². The second-order valence-electron chi connectivity index (χ2n) is 1.59. The number of amides is 1. The first-order valence-corrected chi connectivity index (χ1v) is 2.62. The molecule has 0 fully saturated rings. The first kappa shape index (κ1) is 7.19. The molecule has 0 aliphatic rings. The fourth-order valence-electron chi connectivity index (χ4n) is 0.476. The van der Waals surface area contributed by atoms with E-state index >= 15 is 0 Å². The number of nitrogens with two attached hydrogens (primary N) is 1. The highest BCUT2D eigenvalue weighted by molar-refractivity contribution is 5.89. The summed E-state index contributed by atoms with van der Waals surface area (Å²) in [6, 6.07) is 0. The SMILES string of the molecule is N/C(=N\C(=O)O)n1cncn1. The summed E-state index contributed by atoms with van der Waals surface area (Å²) in [5, 5.41) is 11.7. The lowest BCUT2D eigenvalue weighted by Crippen LogP contribution is -2.23. The van der Waals surface area contributed by atoms with Crippen LogP contribution in [0.15, 0.2) is 17.6 Å². The molecule has 1 aromatic rings. The third-order valence-electron chi connectivity index (χ3n) is 0.864. The van der Waals surface area contributed by atoms with E-state index in [0.29, 0.717) is 0 Å². The van der Waals surface area contributed by atoms with Crippen LogP contribution in [0.2, 0.25) is 0 Å². The average molecular weight is 155 g/mol. The highest BCUT2D eigenvalue weighted by atomic mass is 16.4. The molecule has 0 aliphatic heterocycles. The number of rotatable bonds is 0. The van der Waals surface area contributed by atoms with Crippen molar-refractivity contribution in [3.63, 3.8) is 0 Å². The van der Waals surface area contributed by atoms with Gasteiger partial charge in [-0.25, -0.2) is 9.78 Å². The Bertz CT molecular complexity index is 277. The molecule has 0 aromatic carbocycles. The second-order valence-corrected chi connectivity index (χ2v) is 1.59. The maximum atomic E-state index is 9.98. The van der Waals surface area contributed by atoms with Gasteiger partial charge in [-0.3, -0.25) is 0 Å².